The number of benzene rings is 1. The Bertz CT molecular complexity index is 545. The van der Waals surface area contributed by atoms with Gasteiger partial charge in [0.15, 0.2) is 0 Å². The molecular formula is C14H17ClN2O3. The molecule has 0 aliphatic carbocycles. The van der Waals surface area contributed by atoms with E-state index in [-0.39, 0.29) is 19.0 Å². The van der Waals surface area contributed by atoms with Crippen LogP contribution in [0.1, 0.15) is 17.5 Å². The Hall–Kier alpha value is -1.75. The van der Waals surface area contributed by atoms with Gasteiger partial charge in [-0.05, 0) is 37.0 Å². The van der Waals surface area contributed by atoms with Gasteiger partial charge in [-0.25, -0.2) is 0 Å². The number of carboxylic acids is 1. The number of aryl methyl sites for hydroxylation is 1. The molecule has 2 N–H and O–H groups in total. The number of halogens is 1. The highest BCUT2D eigenvalue weighted by molar-refractivity contribution is 6.31. The Kier molecular flexibility index (Phi) is 4.49. The van der Waals surface area contributed by atoms with Crippen LogP contribution in [-0.2, 0) is 16.0 Å². The fourth-order valence-corrected chi connectivity index (χ4v) is 2.66. The summed E-state index contributed by atoms with van der Waals surface area (Å²) in [6.07, 6.45) is 1.95. The molecular weight excluding hydrogens is 280 g/mol. The molecule has 0 atom stereocenters. The van der Waals surface area contributed by atoms with E-state index >= 15 is 0 Å². The molecule has 1 aromatic carbocycles. The highest BCUT2D eigenvalue weighted by atomic mass is 35.5. The van der Waals surface area contributed by atoms with Crippen LogP contribution in [0, 0.1) is 6.92 Å². The highest BCUT2D eigenvalue weighted by Gasteiger charge is 2.22. The Morgan fingerprint density at radius 2 is 2.20 bits per heavy atom. The molecule has 6 heteroatoms. The van der Waals surface area contributed by atoms with Crippen LogP contribution in [-0.4, -0.2) is 36.6 Å². The molecule has 0 aromatic heterocycles. The van der Waals surface area contributed by atoms with Crippen LogP contribution in [0.5, 0.6) is 0 Å². The maximum absolute atomic E-state index is 11.8. The van der Waals surface area contributed by atoms with Gasteiger partial charge in [-0.15, -0.1) is 0 Å². The van der Waals surface area contributed by atoms with Crippen LogP contribution in [0.4, 0.5) is 5.69 Å². The van der Waals surface area contributed by atoms with Crippen LogP contribution in [0.3, 0.4) is 0 Å². The molecule has 0 fully saturated rings. The Morgan fingerprint density at radius 1 is 1.45 bits per heavy atom. The summed E-state index contributed by atoms with van der Waals surface area (Å²) < 4.78 is 0. The molecule has 0 unspecified atom stereocenters. The van der Waals surface area contributed by atoms with Gasteiger partial charge in [-0.1, -0.05) is 17.7 Å². The molecule has 1 aliphatic heterocycles. The lowest BCUT2D eigenvalue weighted by Crippen LogP contribution is -2.41. The number of aliphatic carboxylic acids is 1. The van der Waals surface area contributed by atoms with Crippen molar-refractivity contribution < 1.29 is 14.7 Å². The van der Waals surface area contributed by atoms with E-state index in [9.17, 15) is 9.59 Å². The van der Waals surface area contributed by atoms with Gasteiger partial charge in [0, 0.05) is 17.3 Å². The average Bonchev–Trinajstić information content (AvgIpc) is 2.41. The van der Waals surface area contributed by atoms with Crippen molar-refractivity contribution in [2.45, 2.75) is 19.8 Å². The van der Waals surface area contributed by atoms with Crippen molar-refractivity contribution in [3.8, 4) is 0 Å². The summed E-state index contributed by atoms with van der Waals surface area (Å²) in [6.45, 7) is 2.51. The molecule has 1 amide bonds. The smallest absolute Gasteiger partial charge is 0.322 e. The fourth-order valence-electron chi connectivity index (χ4n) is 2.51. The molecule has 108 valence electrons. The first kappa shape index (κ1) is 14.7. The van der Waals surface area contributed by atoms with Crippen LogP contribution in [0.15, 0.2) is 12.1 Å². The number of hydrogen-bond acceptors (Lipinski definition) is 3. The number of carbonyl (C=O) groups is 2. The van der Waals surface area contributed by atoms with Crippen LogP contribution in [0.25, 0.3) is 0 Å². The lowest BCUT2D eigenvalue weighted by molar-refractivity contribution is -0.137. The third-order valence-corrected chi connectivity index (χ3v) is 3.82. The third kappa shape index (κ3) is 3.22. The quantitative estimate of drug-likeness (QED) is 0.885. The van der Waals surface area contributed by atoms with E-state index in [2.05, 4.69) is 5.32 Å². The Morgan fingerprint density at radius 3 is 2.90 bits per heavy atom. The van der Waals surface area contributed by atoms with Crippen molar-refractivity contribution in [2.75, 3.05) is 24.5 Å². The molecule has 0 spiro atoms. The summed E-state index contributed by atoms with van der Waals surface area (Å²) in [7, 11) is 0. The number of hydrogen-bond donors (Lipinski definition) is 2. The highest BCUT2D eigenvalue weighted by Crippen LogP contribution is 2.34. The van der Waals surface area contributed by atoms with E-state index < -0.39 is 5.97 Å². The van der Waals surface area contributed by atoms with Crippen molar-refractivity contribution in [2.24, 2.45) is 0 Å². The molecule has 0 bridgehead atoms. The number of anilines is 1. The fraction of sp³-hybridized carbons (Fsp3) is 0.429. The summed E-state index contributed by atoms with van der Waals surface area (Å²) in [5.74, 6) is -1.34. The van der Waals surface area contributed by atoms with Gasteiger partial charge < -0.3 is 15.3 Å². The molecule has 1 heterocycles. The second-order valence-corrected chi connectivity index (χ2v) is 5.28. The zero-order valence-electron chi connectivity index (χ0n) is 11.3. The molecule has 0 saturated carbocycles. The van der Waals surface area contributed by atoms with E-state index in [0.717, 1.165) is 30.6 Å². The number of carbonyl (C=O) groups excluding carboxylic acids is 1. The summed E-state index contributed by atoms with van der Waals surface area (Å²) >= 11 is 6.15. The number of fused-ring (bicyclic) bond motifs is 1. The standard InChI is InChI=1S/C14H17ClN2O3/c1-9-11(15)5-4-10-3-2-6-17(14(9)10)8-12(18)16-7-13(19)20/h4-5H,2-3,6-8H2,1H3,(H,16,18)(H,19,20). The SMILES string of the molecule is Cc1c(Cl)ccc2c1N(CC(=O)NCC(=O)O)CCC2. The Balaban J connectivity index is 2.14. The normalized spacial score (nSPS) is 13.8. The van der Waals surface area contributed by atoms with E-state index in [0.29, 0.717) is 5.02 Å². The molecule has 1 aromatic rings. The lowest BCUT2D eigenvalue weighted by Gasteiger charge is -2.32. The van der Waals surface area contributed by atoms with Crippen molar-refractivity contribution in [3.63, 3.8) is 0 Å². The van der Waals surface area contributed by atoms with Crippen molar-refractivity contribution in [1.29, 1.82) is 0 Å². The number of nitrogens with zero attached hydrogens (tertiary/aromatic N) is 1. The minimum atomic E-state index is -1.04. The number of amides is 1. The molecule has 1 aliphatic rings. The van der Waals surface area contributed by atoms with E-state index in [4.69, 9.17) is 16.7 Å². The van der Waals surface area contributed by atoms with Gasteiger partial charge in [-0.2, -0.15) is 0 Å². The molecule has 0 radical (unpaired) electrons. The minimum absolute atomic E-state index is 0.154. The predicted molar refractivity (Wildman–Crippen MR) is 77.4 cm³/mol. The average molecular weight is 297 g/mol. The van der Waals surface area contributed by atoms with E-state index in [1.807, 2.05) is 24.0 Å². The first-order valence-corrected chi connectivity index (χ1v) is 6.88. The van der Waals surface area contributed by atoms with Crippen LogP contribution >= 0.6 is 11.6 Å². The number of carboxylic acid groups (broad SMARTS) is 1. The van der Waals surface area contributed by atoms with Crippen molar-refractivity contribution in [3.05, 3.63) is 28.3 Å². The summed E-state index contributed by atoms with van der Waals surface area (Å²) in [4.78, 5) is 24.2. The third-order valence-electron chi connectivity index (χ3n) is 3.41. The van der Waals surface area contributed by atoms with E-state index in [1.54, 1.807) is 0 Å². The molecule has 0 saturated heterocycles. The van der Waals surface area contributed by atoms with Crippen LogP contribution in [0.2, 0.25) is 5.02 Å². The monoisotopic (exact) mass is 296 g/mol. The maximum Gasteiger partial charge on any atom is 0.322 e. The van der Waals surface area contributed by atoms with Crippen LogP contribution < -0.4 is 10.2 Å². The summed E-state index contributed by atoms with van der Waals surface area (Å²) in [6, 6.07) is 3.87. The zero-order chi connectivity index (χ0) is 14.7. The maximum atomic E-state index is 11.8. The van der Waals surface area contributed by atoms with Gasteiger partial charge >= 0.3 is 5.97 Å². The lowest BCUT2D eigenvalue weighted by atomic mass is 9.98. The van der Waals surface area contributed by atoms with Gasteiger partial charge in [0.2, 0.25) is 5.91 Å². The second-order valence-electron chi connectivity index (χ2n) is 4.88. The molecule has 20 heavy (non-hydrogen) atoms. The molecule has 5 nitrogen and oxygen atoms in total. The minimum Gasteiger partial charge on any atom is -0.480 e. The number of rotatable bonds is 4. The largest absolute Gasteiger partial charge is 0.480 e. The topological polar surface area (TPSA) is 69.6 Å². The predicted octanol–water partition coefficient (Wildman–Crippen LogP) is 1.60. The molecule has 2 rings (SSSR count). The number of nitrogens with one attached hydrogen (secondary N) is 1. The van der Waals surface area contributed by atoms with Gasteiger partial charge in [-0.3, -0.25) is 9.59 Å². The summed E-state index contributed by atoms with van der Waals surface area (Å²) in [5, 5.41) is 11.6. The first-order chi connectivity index (χ1) is 9.49. The summed E-state index contributed by atoms with van der Waals surface area (Å²) in [5.41, 5.74) is 3.16. The van der Waals surface area contributed by atoms with Crippen molar-refractivity contribution >= 4 is 29.2 Å². The zero-order valence-corrected chi connectivity index (χ0v) is 12.0. The van der Waals surface area contributed by atoms with Gasteiger partial charge in [0.25, 0.3) is 0 Å². The van der Waals surface area contributed by atoms with Gasteiger partial charge in [0.1, 0.15) is 6.54 Å². The Labute approximate surface area is 122 Å². The van der Waals surface area contributed by atoms with Gasteiger partial charge in [0.05, 0.1) is 6.54 Å². The second kappa shape index (κ2) is 6.13. The van der Waals surface area contributed by atoms with E-state index in [1.165, 1.54) is 5.56 Å². The van der Waals surface area contributed by atoms with Crippen molar-refractivity contribution in [1.82, 2.24) is 5.32 Å². The first-order valence-electron chi connectivity index (χ1n) is 6.50.